The SMILES string of the molecule is CC1CSC2C(NC(=O)C(N)c3ccccc3)C(=O)N2C1(O)C(=O)O. The molecular weight excluding hydrogens is 346 g/mol. The lowest BCUT2D eigenvalue weighted by Gasteiger charge is -2.57. The number of carbonyl (C=O) groups excluding carboxylic acids is 2. The van der Waals surface area contributed by atoms with E-state index in [4.69, 9.17) is 5.73 Å². The summed E-state index contributed by atoms with van der Waals surface area (Å²) in [6.07, 6.45) is 0. The van der Waals surface area contributed by atoms with E-state index in [1.165, 1.54) is 11.8 Å². The Morgan fingerprint density at radius 2 is 2.04 bits per heavy atom. The summed E-state index contributed by atoms with van der Waals surface area (Å²) in [5, 5.41) is 21.8. The van der Waals surface area contributed by atoms with E-state index in [1.54, 1.807) is 37.3 Å². The Hall–Kier alpha value is -2.10. The highest BCUT2D eigenvalue weighted by molar-refractivity contribution is 8.00. The molecule has 3 rings (SSSR count). The number of nitrogens with one attached hydrogen (secondary N) is 1. The summed E-state index contributed by atoms with van der Waals surface area (Å²) in [7, 11) is 0. The first-order valence-electron chi connectivity index (χ1n) is 7.80. The Morgan fingerprint density at radius 1 is 1.40 bits per heavy atom. The van der Waals surface area contributed by atoms with Crippen LogP contribution in [-0.4, -0.2) is 55.8 Å². The number of amides is 2. The van der Waals surface area contributed by atoms with Gasteiger partial charge in [-0.25, -0.2) is 4.79 Å². The standard InChI is InChI=1S/C16H19N3O5S/c1-8-7-25-14-11(13(21)19(14)16(8,24)15(22)23)18-12(20)10(17)9-5-3-2-4-6-9/h2-6,8,10-11,14,24H,7,17H2,1H3,(H,18,20)(H,22,23). The Morgan fingerprint density at radius 3 is 2.64 bits per heavy atom. The van der Waals surface area contributed by atoms with Crippen LogP contribution in [0.15, 0.2) is 30.3 Å². The van der Waals surface area contributed by atoms with E-state index in [2.05, 4.69) is 5.32 Å². The van der Waals surface area contributed by atoms with Gasteiger partial charge in [0.15, 0.2) is 0 Å². The second-order valence-electron chi connectivity index (χ2n) is 6.24. The van der Waals surface area contributed by atoms with E-state index in [1.807, 2.05) is 0 Å². The Labute approximate surface area is 148 Å². The molecular formula is C16H19N3O5S. The second kappa shape index (κ2) is 6.32. The molecule has 5 unspecified atom stereocenters. The van der Waals surface area contributed by atoms with Crippen LogP contribution in [0.2, 0.25) is 0 Å². The minimum absolute atomic E-state index is 0.356. The van der Waals surface area contributed by atoms with E-state index < -0.39 is 46.9 Å². The molecule has 0 spiro atoms. The van der Waals surface area contributed by atoms with E-state index in [9.17, 15) is 24.6 Å². The average molecular weight is 365 g/mol. The van der Waals surface area contributed by atoms with Crippen LogP contribution in [-0.2, 0) is 14.4 Å². The smallest absolute Gasteiger partial charge is 0.357 e. The number of nitrogens with zero attached hydrogens (tertiary/aromatic N) is 1. The van der Waals surface area contributed by atoms with Crippen LogP contribution in [0.3, 0.4) is 0 Å². The maximum absolute atomic E-state index is 12.4. The zero-order valence-electron chi connectivity index (χ0n) is 13.5. The fourth-order valence-corrected chi connectivity index (χ4v) is 4.60. The van der Waals surface area contributed by atoms with Crippen molar-refractivity contribution in [2.45, 2.75) is 30.1 Å². The Balaban J connectivity index is 1.73. The molecule has 2 heterocycles. The van der Waals surface area contributed by atoms with Gasteiger partial charge in [-0.1, -0.05) is 37.3 Å². The number of benzene rings is 1. The van der Waals surface area contributed by atoms with Crippen LogP contribution in [0.5, 0.6) is 0 Å². The van der Waals surface area contributed by atoms with Gasteiger partial charge in [-0.3, -0.25) is 14.5 Å². The molecule has 25 heavy (non-hydrogen) atoms. The van der Waals surface area contributed by atoms with Gasteiger partial charge in [0.25, 0.3) is 5.91 Å². The highest BCUT2D eigenvalue weighted by atomic mass is 32.2. The molecule has 5 atom stereocenters. The van der Waals surface area contributed by atoms with Crippen LogP contribution in [0.1, 0.15) is 18.5 Å². The third-order valence-electron chi connectivity index (χ3n) is 4.67. The summed E-state index contributed by atoms with van der Waals surface area (Å²) in [5.74, 6) is -2.89. The highest BCUT2D eigenvalue weighted by Crippen LogP contribution is 2.45. The van der Waals surface area contributed by atoms with Crippen molar-refractivity contribution in [1.82, 2.24) is 10.2 Å². The minimum atomic E-state index is -2.25. The summed E-state index contributed by atoms with van der Waals surface area (Å²) < 4.78 is 0. The number of aliphatic carboxylic acids is 1. The van der Waals surface area contributed by atoms with Crippen LogP contribution in [0, 0.1) is 5.92 Å². The summed E-state index contributed by atoms with van der Waals surface area (Å²) in [4.78, 5) is 37.1. The summed E-state index contributed by atoms with van der Waals surface area (Å²) in [5.41, 5.74) is 4.27. The van der Waals surface area contributed by atoms with Gasteiger partial charge in [0, 0.05) is 11.7 Å². The van der Waals surface area contributed by atoms with Crippen molar-refractivity contribution >= 4 is 29.5 Å². The van der Waals surface area contributed by atoms with Crippen molar-refractivity contribution in [3.63, 3.8) is 0 Å². The molecule has 0 radical (unpaired) electrons. The maximum atomic E-state index is 12.4. The predicted octanol–water partition coefficient (Wildman–Crippen LogP) is -0.504. The quantitative estimate of drug-likeness (QED) is 0.529. The van der Waals surface area contributed by atoms with Crippen molar-refractivity contribution in [2.75, 3.05) is 5.75 Å². The van der Waals surface area contributed by atoms with Crippen LogP contribution in [0.25, 0.3) is 0 Å². The van der Waals surface area contributed by atoms with Crippen molar-refractivity contribution in [1.29, 1.82) is 0 Å². The molecule has 0 aromatic heterocycles. The zero-order valence-corrected chi connectivity index (χ0v) is 14.3. The largest absolute Gasteiger partial charge is 0.478 e. The lowest BCUT2D eigenvalue weighted by molar-refractivity contribution is -0.216. The first-order chi connectivity index (χ1) is 11.8. The minimum Gasteiger partial charge on any atom is -0.478 e. The number of carboxylic acid groups (broad SMARTS) is 1. The van der Waals surface area contributed by atoms with Gasteiger partial charge >= 0.3 is 5.97 Å². The lowest BCUT2D eigenvalue weighted by atomic mass is 9.91. The normalized spacial score (nSPS) is 32.4. The summed E-state index contributed by atoms with van der Waals surface area (Å²) >= 11 is 1.33. The van der Waals surface area contributed by atoms with E-state index >= 15 is 0 Å². The number of fused-ring (bicyclic) bond motifs is 1. The predicted molar refractivity (Wildman–Crippen MR) is 90.1 cm³/mol. The van der Waals surface area contributed by atoms with Crippen LogP contribution in [0.4, 0.5) is 0 Å². The van der Waals surface area contributed by atoms with Crippen LogP contribution < -0.4 is 11.1 Å². The van der Waals surface area contributed by atoms with Gasteiger partial charge in [-0.05, 0) is 5.56 Å². The Kier molecular flexibility index (Phi) is 4.48. The lowest BCUT2D eigenvalue weighted by Crippen LogP contribution is -2.80. The third kappa shape index (κ3) is 2.68. The van der Waals surface area contributed by atoms with Crippen molar-refractivity contribution < 1.29 is 24.6 Å². The van der Waals surface area contributed by atoms with Gasteiger partial charge < -0.3 is 21.3 Å². The molecule has 8 nitrogen and oxygen atoms in total. The number of thioether (sulfide) groups is 1. The van der Waals surface area contributed by atoms with Gasteiger partial charge in [-0.15, -0.1) is 11.8 Å². The van der Waals surface area contributed by atoms with Crippen LogP contribution >= 0.6 is 11.8 Å². The molecule has 2 saturated heterocycles. The first-order valence-corrected chi connectivity index (χ1v) is 8.84. The van der Waals surface area contributed by atoms with Gasteiger partial charge in [0.2, 0.25) is 11.6 Å². The van der Waals surface area contributed by atoms with Gasteiger partial charge in [0.05, 0.1) is 0 Å². The zero-order chi connectivity index (χ0) is 18.4. The van der Waals surface area contributed by atoms with E-state index in [0.29, 0.717) is 11.3 Å². The molecule has 134 valence electrons. The molecule has 5 N–H and O–H groups in total. The topological polar surface area (TPSA) is 133 Å². The third-order valence-corrected chi connectivity index (χ3v) is 6.19. The molecule has 2 amide bonds. The molecule has 0 aliphatic carbocycles. The molecule has 2 fully saturated rings. The number of carboxylic acids is 1. The molecule has 0 saturated carbocycles. The van der Waals surface area contributed by atoms with Crippen molar-refractivity contribution in [3.8, 4) is 0 Å². The molecule has 9 heteroatoms. The van der Waals surface area contributed by atoms with E-state index in [-0.39, 0.29) is 0 Å². The molecule has 0 bridgehead atoms. The number of hydrogen-bond donors (Lipinski definition) is 4. The second-order valence-corrected chi connectivity index (χ2v) is 7.39. The maximum Gasteiger partial charge on any atom is 0.357 e. The van der Waals surface area contributed by atoms with Crippen molar-refractivity contribution in [3.05, 3.63) is 35.9 Å². The molecule has 2 aliphatic rings. The number of β-lactam (4-membered cyclic amide) rings is 1. The number of nitrogens with two attached hydrogens (primary N) is 1. The molecule has 1 aromatic carbocycles. The number of carbonyl (C=O) groups is 3. The number of rotatable bonds is 4. The van der Waals surface area contributed by atoms with Gasteiger partial charge in [0.1, 0.15) is 17.5 Å². The molecule has 1 aromatic rings. The Bertz CT molecular complexity index is 715. The van der Waals surface area contributed by atoms with E-state index in [0.717, 1.165) is 4.90 Å². The summed E-state index contributed by atoms with van der Waals surface area (Å²) in [6.45, 7) is 1.57. The number of hydrogen-bond acceptors (Lipinski definition) is 6. The van der Waals surface area contributed by atoms with Gasteiger partial charge in [-0.2, -0.15) is 0 Å². The highest BCUT2D eigenvalue weighted by Gasteiger charge is 2.65. The van der Waals surface area contributed by atoms with Crippen molar-refractivity contribution in [2.24, 2.45) is 11.7 Å². The fourth-order valence-electron chi connectivity index (χ4n) is 3.10. The monoisotopic (exact) mass is 365 g/mol. The average Bonchev–Trinajstić information content (AvgIpc) is 2.61. The summed E-state index contributed by atoms with van der Waals surface area (Å²) in [6, 6.07) is 6.89. The number of aliphatic hydroxyl groups is 1. The molecule has 2 aliphatic heterocycles. The fraction of sp³-hybridized carbons (Fsp3) is 0.438. The first kappa shape index (κ1) is 17.7.